The molecule has 0 unspecified atom stereocenters. The molecule has 1 rings (SSSR count). The van der Waals surface area contributed by atoms with Crippen molar-refractivity contribution in [2.45, 2.75) is 32.6 Å². The Morgan fingerprint density at radius 2 is 1.86 bits per heavy atom. The average Bonchev–Trinajstić information content (AvgIpc) is 2.45. The van der Waals surface area contributed by atoms with Crippen molar-refractivity contribution in [1.82, 2.24) is 14.5 Å². The topological polar surface area (TPSA) is 69.7 Å². The Bertz CT molecular complexity index is 417. The Balaban J connectivity index is 2.58. The van der Waals surface area contributed by atoms with Gasteiger partial charge in [-0.15, -0.1) is 0 Å². The molecule has 1 heterocycles. The Hall–Kier alpha value is -0.660. The SMILES string of the molecule is CCCN(CC(=O)N(C)C)S(=O)(=O)CCC1CCNCC1. The van der Waals surface area contributed by atoms with Gasteiger partial charge in [-0.2, -0.15) is 4.31 Å². The molecule has 0 aromatic carbocycles. The lowest BCUT2D eigenvalue weighted by Gasteiger charge is -2.26. The molecule has 0 aromatic rings. The maximum atomic E-state index is 12.5. The fraction of sp³-hybridized carbons (Fsp3) is 0.929. The fourth-order valence-electron chi connectivity index (χ4n) is 2.47. The van der Waals surface area contributed by atoms with Gasteiger partial charge in [0.15, 0.2) is 0 Å². The van der Waals surface area contributed by atoms with Crippen molar-refractivity contribution in [2.75, 3.05) is 46.0 Å². The summed E-state index contributed by atoms with van der Waals surface area (Å²) < 4.78 is 26.3. The van der Waals surface area contributed by atoms with Crippen LogP contribution in [0.2, 0.25) is 0 Å². The third kappa shape index (κ3) is 6.32. The van der Waals surface area contributed by atoms with Crippen LogP contribution in [0.1, 0.15) is 32.6 Å². The van der Waals surface area contributed by atoms with Crippen LogP contribution < -0.4 is 5.32 Å². The average molecular weight is 319 g/mol. The maximum absolute atomic E-state index is 12.5. The van der Waals surface area contributed by atoms with E-state index >= 15 is 0 Å². The molecule has 1 N–H and O–H groups in total. The van der Waals surface area contributed by atoms with E-state index in [0.717, 1.165) is 25.9 Å². The fourth-order valence-corrected chi connectivity index (χ4v) is 4.13. The molecule has 0 atom stereocenters. The second kappa shape index (κ2) is 8.70. The van der Waals surface area contributed by atoms with E-state index < -0.39 is 10.0 Å². The van der Waals surface area contributed by atoms with Gasteiger partial charge < -0.3 is 10.2 Å². The summed E-state index contributed by atoms with van der Waals surface area (Å²) in [7, 11) is -0.0532. The number of hydrogen-bond donors (Lipinski definition) is 1. The van der Waals surface area contributed by atoms with E-state index in [1.807, 2.05) is 6.92 Å². The molecule has 1 aliphatic rings. The summed E-state index contributed by atoms with van der Waals surface area (Å²) in [6.45, 7) is 4.24. The molecule has 0 radical (unpaired) electrons. The van der Waals surface area contributed by atoms with Crippen LogP contribution in [0.15, 0.2) is 0 Å². The summed E-state index contributed by atoms with van der Waals surface area (Å²) in [6.07, 6.45) is 3.49. The third-order valence-electron chi connectivity index (χ3n) is 3.92. The van der Waals surface area contributed by atoms with Gasteiger partial charge in [-0.1, -0.05) is 6.92 Å². The van der Waals surface area contributed by atoms with Gasteiger partial charge in [0, 0.05) is 20.6 Å². The van der Waals surface area contributed by atoms with Gasteiger partial charge >= 0.3 is 0 Å². The Morgan fingerprint density at radius 1 is 1.24 bits per heavy atom. The van der Waals surface area contributed by atoms with Crippen molar-refractivity contribution in [2.24, 2.45) is 5.92 Å². The molecule has 7 heteroatoms. The summed E-state index contributed by atoms with van der Waals surface area (Å²) in [5.74, 6) is 0.459. The summed E-state index contributed by atoms with van der Waals surface area (Å²) in [5, 5.41) is 3.28. The van der Waals surface area contributed by atoms with Gasteiger partial charge in [0.2, 0.25) is 15.9 Å². The second-order valence-corrected chi connectivity index (χ2v) is 8.01. The first kappa shape index (κ1) is 18.4. The van der Waals surface area contributed by atoms with Crippen LogP contribution in [-0.2, 0) is 14.8 Å². The molecule has 21 heavy (non-hydrogen) atoms. The van der Waals surface area contributed by atoms with Crippen molar-refractivity contribution in [3.05, 3.63) is 0 Å². The molecule has 1 saturated heterocycles. The molecule has 0 bridgehead atoms. The molecule has 0 aliphatic carbocycles. The number of nitrogens with one attached hydrogen (secondary N) is 1. The number of rotatable bonds is 8. The van der Waals surface area contributed by atoms with E-state index in [0.29, 0.717) is 25.3 Å². The molecule has 0 spiro atoms. The van der Waals surface area contributed by atoms with Crippen molar-refractivity contribution in [3.63, 3.8) is 0 Å². The highest BCUT2D eigenvalue weighted by molar-refractivity contribution is 7.89. The van der Waals surface area contributed by atoms with Crippen LogP contribution in [0.25, 0.3) is 0 Å². The minimum atomic E-state index is -3.35. The molecule has 0 aromatic heterocycles. The first-order chi connectivity index (χ1) is 9.86. The van der Waals surface area contributed by atoms with E-state index in [1.54, 1.807) is 14.1 Å². The zero-order valence-corrected chi connectivity index (χ0v) is 14.3. The van der Waals surface area contributed by atoms with Gasteiger partial charge in [0.25, 0.3) is 0 Å². The first-order valence-electron chi connectivity index (χ1n) is 7.75. The number of carbonyl (C=O) groups excluding carboxylic acids is 1. The first-order valence-corrected chi connectivity index (χ1v) is 9.36. The van der Waals surface area contributed by atoms with Crippen LogP contribution in [0.4, 0.5) is 0 Å². The zero-order valence-electron chi connectivity index (χ0n) is 13.5. The highest BCUT2D eigenvalue weighted by Gasteiger charge is 2.26. The highest BCUT2D eigenvalue weighted by atomic mass is 32.2. The van der Waals surface area contributed by atoms with Gasteiger partial charge in [0.05, 0.1) is 12.3 Å². The molecule has 0 saturated carbocycles. The number of hydrogen-bond acceptors (Lipinski definition) is 4. The lowest BCUT2D eigenvalue weighted by Crippen LogP contribution is -2.42. The number of carbonyl (C=O) groups is 1. The summed E-state index contributed by atoms with van der Waals surface area (Å²) in [6, 6.07) is 0. The van der Waals surface area contributed by atoms with Crippen LogP contribution in [0.5, 0.6) is 0 Å². The summed E-state index contributed by atoms with van der Waals surface area (Å²) in [5.41, 5.74) is 0. The van der Waals surface area contributed by atoms with Crippen LogP contribution in [0, 0.1) is 5.92 Å². The van der Waals surface area contributed by atoms with E-state index in [-0.39, 0.29) is 18.2 Å². The minimum absolute atomic E-state index is 0.0462. The molecule has 1 fully saturated rings. The van der Waals surface area contributed by atoms with Crippen molar-refractivity contribution < 1.29 is 13.2 Å². The Labute approximate surface area is 128 Å². The predicted molar refractivity (Wildman–Crippen MR) is 84.6 cm³/mol. The second-order valence-electron chi connectivity index (χ2n) is 5.92. The molecule has 6 nitrogen and oxygen atoms in total. The number of likely N-dealkylation sites (N-methyl/N-ethyl adjacent to an activating group) is 1. The zero-order chi connectivity index (χ0) is 15.9. The minimum Gasteiger partial charge on any atom is -0.348 e. The van der Waals surface area contributed by atoms with Gasteiger partial charge in [-0.3, -0.25) is 4.79 Å². The quantitative estimate of drug-likeness (QED) is 0.707. The maximum Gasteiger partial charge on any atom is 0.237 e. The van der Waals surface area contributed by atoms with Crippen LogP contribution in [-0.4, -0.2) is 69.6 Å². The van der Waals surface area contributed by atoms with Gasteiger partial charge in [-0.05, 0) is 44.7 Å². The number of piperidine rings is 1. The lowest BCUT2D eigenvalue weighted by atomic mass is 9.96. The molecule has 124 valence electrons. The normalized spacial score (nSPS) is 17.1. The van der Waals surface area contributed by atoms with E-state index in [2.05, 4.69) is 5.32 Å². The molecular weight excluding hydrogens is 290 g/mol. The molecule has 1 aliphatic heterocycles. The Morgan fingerprint density at radius 3 is 2.38 bits per heavy atom. The van der Waals surface area contributed by atoms with E-state index in [1.165, 1.54) is 9.21 Å². The number of nitrogens with zero attached hydrogens (tertiary/aromatic N) is 2. The predicted octanol–water partition coefficient (Wildman–Crippen LogP) is 0.506. The highest BCUT2D eigenvalue weighted by Crippen LogP contribution is 2.18. The van der Waals surface area contributed by atoms with Crippen LogP contribution >= 0.6 is 0 Å². The summed E-state index contributed by atoms with van der Waals surface area (Å²) >= 11 is 0. The van der Waals surface area contributed by atoms with Crippen LogP contribution in [0.3, 0.4) is 0 Å². The van der Waals surface area contributed by atoms with E-state index in [4.69, 9.17) is 0 Å². The smallest absolute Gasteiger partial charge is 0.237 e. The van der Waals surface area contributed by atoms with Gasteiger partial charge in [-0.25, -0.2) is 8.42 Å². The lowest BCUT2D eigenvalue weighted by molar-refractivity contribution is -0.128. The van der Waals surface area contributed by atoms with Crippen molar-refractivity contribution in [1.29, 1.82) is 0 Å². The monoisotopic (exact) mass is 319 g/mol. The summed E-state index contributed by atoms with van der Waals surface area (Å²) in [4.78, 5) is 13.2. The Kier molecular flexibility index (Phi) is 7.62. The number of sulfonamides is 1. The van der Waals surface area contributed by atoms with E-state index in [9.17, 15) is 13.2 Å². The largest absolute Gasteiger partial charge is 0.348 e. The standard InChI is InChI=1S/C14H29N3O3S/c1-4-10-17(12-14(18)16(2)3)21(19,20)11-7-13-5-8-15-9-6-13/h13,15H,4-12H2,1-3H3. The van der Waals surface area contributed by atoms with Crippen molar-refractivity contribution >= 4 is 15.9 Å². The molecule has 1 amide bonds. The third-order valence-corrected chi connectivity index (χ3v) is 5.77. The molecular formula is C14H29N3O3S. The van der Waals surface area contributed by atoms with Crippen molar-refractivity contribution in [3.8, 4) is 0 Å². The number of amides is 1. The van der Waals surface area contributed by atoms with Gasteiger partial charge in [0.1, 0.15) is 0 Å².